The molecule has 1 amide bonds. The van der Waals surface area contributed by atoms with E-state index < -0.39 is 5.91 Å². The Morgan fingerprint density at radius 1 is 1.71 bits per heavy atom. The minimum absolute atomic E-state index is 0.0694. The average Bonchev–Trinajstić information content (AvgIpc) is 1.65. The zero-order valence-corrected chi connectivity index (χ0v) is 3.89. The third-order valence-corrected chi connectivity index (χ3v) is 0.523. The Morgan fingerprint density at radius 3 is 2.14 bits per heavy atom. The molecule has 0 aromatic carbocycles. The van der Waals surface area contributed by atoms with Crippen LogP contribution in [0, 0.1) is 0 Å². The van der Waals surface area contributed by atoms with Crippen LogP contribution in [0.2, 0.25) is 0 Å². The third kappa shape index (κ3) is 1.73. The summed E-state index contributed by atoms with van der Waals surface area (Å²) in [6.45, 7) is 1.31. The Kier molecular flexibility index (Phi) is 1.82. The van der Waals surface area contributed by atoms with Gasteiger partial charge in [-0.25, -0.2) is 4.79 Å². The molecule has 0 aliphatic rings. The van der Waals surface area contributed by atoms with E-state index in [1.54, 1.807) is 0 Å². The van der Waals surface area contributed by atoms with Crippen LogP contribution >= 0.6 is 0 Å². The lowest BCUT2D eigenvalue weighted by Gasteiger charge is -1.78. The smallest absolute Gasteiger partial charge is 0.255 e. The molecule has 0 radical (unpaired) electrons. The molecule has 0 aromatic rings. The van der Waals surface area contributed by atoms with Gasteiger partial charge in [0.15, 0.2) is 0 Å². The molecule has 3 heteroatoms. The summed E-state index contributed by atoms with van der Waals surface area (Å²) in [5.74, 6) is 0.644. The number of hydrogen-bond donors (Lipinski definition) is 1. The van der Waals surface area contributed by atoms with Gasteiger partial charge in [-0.05, 0) is 6.92 Å². The van der Waals surface area contributed by atoms with Crippen molar-refractivity contribution in [1.29, 1.82) is 0 Å². The Morgan fingerprint density at radius 2 is 2.14 bits per heavy atom. The van der Waals surface area contributed by atoms with Crippen molar-refractivity contribution in [1.82, 2.24) is 0 Å². The molecule has 0 heterocycles. The van der Waals surface area contributed by atoms with Gasteiger partial charge in [0.1, 0.15) is 5.94 Å². The number of rotatable bonds is 1. The summed E-state index contributed by atoms with van der Waals surface area (Å²) in [6, 6.07) is 0. The van der Waals surface area contributed by atoms with Gasteiger partial charge in [-0.1, -0.05) is 0 Å². The molecule has 3 nitrogen and oxygen atoms in total. The lowest BCUT2D eigenvalue weighted by Crippen LogP contribution is -2.11. The molecule has 0 saturated carbocycles. The van der Waals surface area contributed by atoms with Crippen LogP contribution in [0.5, 0.6) is 0 Å². The maximum Gasteiger partial charge on any atom is 0.255 e. The second-order valence-electron chi connectivity index (χ2n) is 1.09. The molecular weight excluding hydrogens is 94.0 g/mol. The van der Waals surface area contributed by atoms with E-state index in [0.717, 1.165) is 0 Å². The summed E-state index contributed by atoms with van der Waals surface area (Å²) in [6.07, 6.45) is 0. The van der Waals surface area contributed by atoms with E-state index in [1.165, 1.54) is 12.9 Å². The monoisotopic (exact) mass is 99.0 g/mol. The van der Waals surface area contributed by atoms with E-state index >= 15 is 0 Å². The zero-order chi connectivity index (χ0) is 5.86. The maximum absolute atomic E-state index is 9.85. The predicted molar refractivity (Wildman–Crippen MR) is 24.1 cm³/mol. The molecule has 0 aliphatic heterocycles. The molecule has 0 aromatic heterocycles. The van der Waals surface area contributed by atoms with Crippen molar-refractivity contribution in [2.24, 2.45) is 5.73 Å². The summed E-state index contributed by atoms with van der Waals surface area (Å²) in [4.78, 5) is 19.3. The summed E-state index contributed by atoms with van der Waals surface area (Å²) >= 11 is 0. The minimum Gasteiger partial charge on any atom is -0.365 e. The van der Waals surface area contributed by atoms with Gasteiger partial charge in [-0.2, -0.15) is 0 Å². The second-order valence-corrected chi connectivity index (χ2v) is 1.09. The van der Waals surface area contributed by atoms with Gasteiger partial charge in [0.05, 0.1) is 5.57 Å². The molecule has 2 N–H and O–H groups in total. The standard InChI is InChI=1S/C4H5NO2/c1-3(2-6)4(5)7/h1H3,(H2,5,7). The van der Waals surface area contributed by atoms with E-state index in [0.29, 0.717) is 0 Å². The minimum atomic E-state index is -0.713. The SMILES string of the molecule is CC(=C=O)C(N)=O. The first-order chi connectivity index (χ1) is 3.18. The van der Waals surface area contributed by atoms with Gasteiger partial charge in [-0.15, -0.1) is 0 Å². The van der Waals surface area contributed by atoms with Gasteiger partial charge in [-0.3, -0.25) is 4.79 Å². The van der Waals surface area contributed by atoms with Crippen LogP contribution in [-0.4, -0.2) is 11.8 Å². The molecule has 0 rings (SSSR count). The van der Waals surface area contributed by atoms with Gasteiger partial charge in [0, 0.05) is 0 Å². The van der Waals surface area contributed by atoms with Gasteiger partial charge in [0.2, 0.25) is 0 Å². The van der Waals surface area contributed by atoms with Crippen molar-refractivity contribution in [3.63, 3.8) is 0 Å². The van der Waals surface area contributed by atoms with Crippen molar-refractivity contribution in [3.8, 4) is 0 Å². The van der Waals surface area contributed by atoms with Crippen LogP contribution in [0.3, 0.4) is 0 Å². The Labute approximate surface area is 40.8 Å². The quantitative estimate of drug-likeness (QED) is 0.347. The van der Waals surface area contributed by atoms with Gasteiger partial charge < -0.3 is 5.73 Å². The van der Waals surface area contributed by atoms with Crippen LogP contribution in [0.15, 0.2) is 5.57 Å². The summed E-state index contributed by atoms with van der Waals surface area (Å²) < 4.78 is 0. The fourth-order valence-corrected chi connectivity index (χ4v) is 0.0503. The first kappa shape index (κ1) is 5.92. The highest BCUT2D eigenvalue weighted by Crippen LogP contribution is 1.76. The van der Waals surface area contributed by atoms with Crippen LogP contribution in [0.4, 0.5) is 0 Å². The van der Waals surface area contributed by atoms with Crippen molar-refractivity contribution in [2.75, 3.05) is 0 Å². The van der Waals surface area contributed by atoms with Crippen molar-refractivity contribution >= 4 is 11.8 Å². The number of primary amides is 1. The third-order valence-electron chi connectivity index (χ3n) is 0.523. The number of carbonyl (C=O) groups excluding carboxylic acids is 2. The molecule has 0 saturated heterocycles. The van der Waals surface area contributed by atoms with Crippen molar-refractivity contribution in [2.45, 2.75) is 6.92 Å². The summed E-state index contributed by atoms with van der Waals surface area (Å²) in [5.41, 5.74) is 4.54. The normalized spacial score (nSPS) is 7.00. The summed E-state index contributed by atoms with van der Waals surface area (Å²) in [5, 5.41) is 0. The van der Waals surface area contributed by atoms with E-state index in [4.69, 9.17) is 0 Å². The average molecular weight is 99.1 g/mol. The highest BCUT2D eigenvalue weighted by molar-refractivity contribution is 5.98. The maximum atomic E-state index is 9.85. The first-order valence-electron chi connectivity index (χ1n) is 1.70. The molecule has 7 heavy (non-hydrogen) atoms. The predicted octanol–water partition coefficient (Wildman–Crippen LogP) is -0.750. The largest absolute Gasteiger partial charge is 0.365 e. The van der Waals surface area contributed by atoms with Crippen molar-refractivity contribution in [3.05, 3.63) is 5.57 Å². The molecule has 38 valence electrons. The number of amides is 1. The van der Waals surface area contributed by atoms with Gasteiger partial charge >= 0.3 is 0 Å². The van der Waals surface area contributed by atoms with E-state index in [9.17, 15) is 9.59 Å². The van der Waals surface area contributed by atoms with E-state index in [2.05, 4.69) is 5.73 Å². The molecule has 0 fully saturated rings. The van der Waals surface area contributed by atoms with E-state index in [1.807, 2.05) is 0 Å². The van der Waals surface area contributed by atoms with Crippen LogP contribution in [-0.2, 0) is 9.59 Å². The molecule has 0 bridgehead atoms. The Bertz CT molecular complexity index is 133. The first-order valence-corrected chi connectivity index (χ1v) is 1.70. The highest BCUT2D eigenvalue weighted by atomic mass is 16.1. The molecular formula is C4H5NO2. The molecule has 0 atom stereocenters. The Balaban J connectivity index is 4.10. The second kappa shape index (κ2) is 2.16. The highest BCUT2D eigenvalue weighted by Gasteiger charge is 1.93. The van der Waals surface area contributed by atoms with Crippen LogP contribution in [0.25, 0.3) is 0 Å². The van der Waals surface area contributed by atoms with Crippen molar-refractivity contribution < 1.29 is 9.59 Å². The fraction of sp³-hybridized carbons (Fsp3) is 0.250. The lowest BCUT2D eigenvalue weighted by atomic mass is 10.3. The molecule has 0 unspecified atom stereocenters. The topological polar surface area (TPSA) is 60.2 Å². The van der Waals surface area contributed by atoms with Crippen LogP contribution in [0.1, 0.15) is 6.92 Å². The molecule has 0 spiro atoms. The number of nitrogens with two attached hydrogens (primary N) is 1. The van der Waals surface area contributed by atoms with Gasteiger partial charge in [0.25, 0.3) is 5.91 Å². The van der Waals surface area contributed by atoms with Crippen LogP contribution < -0.4 is 5.73 Å². The lowest BCUT2D eigenvalue weighted by molar-refractivity contribution is -0.114. The number of carbonyl (C=O) groups is 1. The Hall–Kier alpha value is -1.08. The summed E-state index contributed by atoms with van der Waals surface area (Å²) in [7, 11) is 0. The number of hydrogen-bond acceptors (Lipinski definition) is 2. The molecule has 0 aliphatic carbocycles. The zero-order valence-electron chi connectivity index (χ0n) is 3.89. The fourth-order valence-electron chi connectivity index (χ4n) is 0.0503. The van der Waals surface area contributed by atoms with E-state index in [-0.39, 0.29) is 5.57 Å².